The van der Waals surface area contributed by atoms with E-state index in [-0.39, 0.29) is 0 Å². The molecule has 0 amide bonds. The summed E-state index contributed by atoms with van der Waals surface area (Å²) in [5.41, 5.74) is 1.77. The van der Waals surface area contributed by atoms with Crippen LogP contribution in [0.5, 0.6) is 11.5 Å². The molecule has 0 aliphatic heterocycles. The monoisotopic (exact) mass is 275 g/mol. The number of hydrogen-bond donors (Lipinski definition) is 0. The van der Waals surface area contributed by atoms with Crippen LogP contribution in [0.3, 0.4) is 0 Å². The number of hydrogen-bond acceptors (Lipinski definition) is 3. The largest absolute Gasteiger partial charge is 0.497 e. The third-order valence-electron chi connectivity index (χ3n) is 2.61. The minimum absolute atomic E-state index is 0.571. The fraction of sp³-hybridized carbons (Fsp3) is 0.133. The molecule has 2 aromatic rings. The maximum Gasteiger partial charge on any atom is 0.137 e. The van der Waals surface area contributed by atoms with Gasteiger partial charge >= 0.3 is 0 Å². The third kappa shape index (κ3) is 3.48. The Balaban J connectivity index is 2.15. The second kappa shape index (κ2) is 6.25. The van der Waals surface area contributed by atoms with Gasteiger partial charge in [-0.1, -0.05) is 11.6 Å². The van der Waals surface area contributed by atoms with Crippen LogP contribution in [0.4, 0.5) is 5.69 Å². The molecule has 0 saturated carbocycles. The molecule has 0 atom stereocenters. The Kier molecular flexibility index (Phi) is 4.42. The Hall–Kier alpha value is -2.00. The van der Waals surface area contributed by atoms with Gasteiger partial charge in [-0.15, -0.1) is 0 Å². The van der Waals surface area contributed by atoms with Crippen LogP contribution in [0, 0.1) is 0 Å². The van der Waals surface area contributed by atoms with Gasteiger partial charge in [-0.05, 0) is 48.0 Å². The number of benzene rings is 2. The van der Waals surface area contributed by atoms with E-state index >= 15 is 0 Å². The molecule has 2 aromatic carbocycles. The zero-order valence-corrected chi connectivity index (χ0v) is 11.5. The summed E-state index contributed by atoms with van der Waals surface area (Å²) < 4.78 is 10.2. The summed E-state index contributed by atoms with van der Waals surface area (Å²) in [7, 11) is 3.23. The zero-order chi connectivity index (χ0) is 13.7. The van der Waals surface area contributed by atoms with Gasteiger partial charge in [0.1, 0.15) is 11.5 Å². The lowest BCUT2D eigenvalue weighted by atomic mass is 10.2. The highest BCUT2D eigenvalue weighted by Gasteiger charge is 2.00. The molecule has 98 valence electrons. The first-order valence-corrected chi connectivity index (χ1v) is 6.12. The summed E-state index contributed by atoms with van der Waals surface area (Å²) in [5.74, 6) is 1.47. The van der Waals surface area contributed by atoms with Crippen molar-refractivity contribution in [2.75, 3.05) is 14.2 Å². The molecular formula is C15H14ClNO2. The van der Waals surface area contributed by atoms with Gasteiger partial charge in [0.05, 0.1) is 24.9 Å². The van der Waals surface area contributed by atoms with E-state index in [9.17, 15) is 0 Å². The summed E-state index contributed by atoms with van der Waals surface area (Å²) >= 11 is 6.05. The molecule has 0 fully saturated rings. The fourth-order valence-corrected chi connectivity index (χ4v) is 1.85. The van der Waals surface area contributed by atoms with Crippen LogP contribution < -0.4 is 9.47 Å². The van der Waals surface area contributed by atoms with E-state index in [0.717, 1.165) is 17.0 Å². The number of nitrogens with zero attached hydrogens (tertiary/aromatic N) is 1. The van der Waals surface area contributed by atoms with E-state index in [1.54, 1.807) is 20.4 Å². The average molecular weight is 276 g/mol. The number of aliphatic imine (C=N–C) groups is 1. The molecule has 0 aliphatic rings. The van der Waals surface area contributed by atoms with E-state index in [2.05, 4.69) is 4.99 Å². The number of methoxy groups -OCH3 is 2. The Morgan fingerprint density at radius 1 is 1.00 bits per heavy atom. The second-order valence-corrected chi connectivity index (χ2v) is 4.26. The van der Waals surface area contributed by atoms with E-state index in [0.29, 0.717) is 10.8 Å². The van der Waals surface area contributed by atoms with Crippen molar-refractivity contribution in [2.24, 2.45) is 4.99 Å². The van der Waals surface area contributed by atoms with Gasteiger partial charge in [0.2, 0.25) is 0 Å². The summed E-state index contributed by atoms with van der Waals surface area (Å²) in [6.07, 6.45) is 1.76. The average Bonchev–Trinajstić information content (AvgIpc) is 2.46. The van der Waals surface area contributed by atoms with Crippen LogP contribution in [0.15, 0.2) is 47.5 Å². The first kappa shape index (κ1) is 13.4. The molecular weight excluding hydrogens is 262 g/mol. The van der Waals surface area contributed by atoms with Gasteiger partial charge in [0, 0.05) is 6.21 Å². The van der Waals surface area contributed by atoms with Crippen LogP contribution in [0.2, 0.25) is 5.02 Å². The lowest BCUT2D eigenvalue weighted by Crippen LogP contribution is -1.86. The predicted octanol–water partition coefficient (Wildman–Crippen LogP) is 4.11. The quantitative estimate of drug-likeness (QED) is 0.786. The van der Waals surface area contributed by atoms with Gasteiger partial charge < -0.3 is 9.47 Å². The molecule has 0 aromatic heterocycles. The van der Waals surface area contributed by atoms with Crippen LogP contribution in [-0.4, -0.2) is 20.4 Å². The third-order valence-corrected chi connectivity index (χ3v) is 2.91. The van der Waals surface area contributed by atoms with E-state index < -0.39 is 0 Å². The molecule has 19 heavy (non-hydrogen) atoms. The van der Waals surface area contributed by atoms with E-state index in [1.165, 1.54) is 0 Å². The molecule has 0 aliphatic carbocycles. The minimum Gasteiger partial charge on any atom is -0.497 e. The Morgan fingerprint density at radius 3 is 2.32 bits per heavy atom. The Morgan fingerprint density at radius 2 is 1.74 bits per heavy atom. The normalized spacial score (nSPS) is 10.7. The van der Waals surface area contributed by atoms with Gasteiger partial charge in [0.25, 0.3) is 0 Å². The Bertz CT molecular complexity index is 579. The summed E-state index contributed by atoms with van der Waals surface area (Å²) in [6.45, 7) is 0. The summed E-state index contributed by atoms with van der Waals surface area (Å²) in [6, 6.07) is 13.0. The molecule has 0 spiro atoms. The van der Waals surface area contributed by atoms with Crippen molar-refractivity contribution in [3.63, 3.8) is 0 Å². The lowest BCUT2D eigenvalue weighted by Gasteiger charge is -2.03. The number of rotatable bonds is 4. The van der Waals surface area contributed by atoms with Crippen molar-refractivity contribution < 1.29 is 9.47 Å². The molecule has 4 heteroatoms. The smallest absolute Gasteiger partial charge is 0.137 e. The second-order valence-electron chi connectivity index (χ2n) is 3.85. The van der Waals surface area contributed by atoms with Gasteiger partial charge in [-0.3, -0.25) is 4.99 Å². The molecule has 0 radical (unpaired) electrons. The minimum atomic E-state index is 0.571. The molecule has 0 heterocycles. The van der Waals surface area contributed by atoms with Crippen molar-refractivity contribution in [3.05, 3.63) is 53.1 Å². The van der Waals surface area contributed by atoms with Crippen LogP contribution in [0.1, 0.15) is 5.56 Å². The van der Waals surface area contributed by atoms with Crippen molar-refractivity contribution >= 4 is 23.5 Å². The highest BCUT2D eigenvalue weighted by Crippen LogP contribution is 2.24. The molecule has 0 saturated heterocycles. The van der Waals surface area contributed by atoms with E-state index in [1.807, 2.05) is 42.5 Å². The maximum atomic E-state index is 6.05. The van der Waals surface area contributed by atoms with E-state index in [4.69, 9.17) is 21.1 Å². The molecule has 0 bridgehead atoms. The molecule has 3 nitrogen and oxygen atoms in total. The van der Waals surface area contributed by atoms with Crippen LogP contribution in [0.25, 0.3) is 0 Å². The van der Waals surface area contributed by atoms with Crippen molar-refractivity contribution in [1.29, 1.82) is 0 Å². The van der Waals surface area contributed by atoms with Crippen LogP contribution >= 0.6 is 11.6 Å². The van der Waals surface area contributed by atoms with Crippen molar-refractivity contribution in [1.82, 2.24) is 0 Å². The highest BCUT2D eigenvalue weighted by atomic mass is 35.5. The molecule has 0 unspecified atom stereocenters. The topological polar surface area (TPSA) is 30.8 Å². The van der Waals surface area contributed by atoms with Gasteiger partial charge in [0.15, 0.2) is 0 Å². The summed E-state index contributed by atoms with van der Waals surface area (Å²) in [5, 5.41) is 0.571. The van der Waals surface area contributed by atoms with Crippen molar-refractivity contribution in [3.8, 4) is 11.5 Å². The van der Waals surface area contributed by atoms with Gasteiger partial charge in [-0.2, -0.15) is 0 Å². The first-order valence-electron chi connectivity index (χ1n) is 5.74. The zero-order valence-electron chi connectivity index (χ0n) is 10.8. The van der Waals surface area contributed by atoms with Gasteiger partial charge in [-0.25, -0.2) is 0 Å². The fourth-order valence-electron chi connectivity index (χ4n) is 1.58. The standard InChI is InChI=1S/C15H14ClNO2/c1-18-13-6-4-12(5-7-13)17-10-11-3-8-15(19-2)14(16)9-11/h3-10H,1-2H3. The number of ether oxygens (including phenoxy) is 2. The molecule has 2 rings (SSSR count). The lowest BCUT2D eigenvalue weighted by molar-refractivity contribution is 0.415. The van der Waals surface area contributed by atoms with Crippen LogP contribution in [-0.2, 0) is 0 Å². The SMILES string of the molecule is COc1ccc(N=Cc2ccc(OC)c(Cl)c2)cc1. The Labute approximate surface area is 117 Å². The first-order chi connectivity index (χ1) is 9.22. The summed E-state index contributed by atoms with van der Waals surface area (Å²) in [4.78, 5) is 4.37. The highest BCUT2D eigenvalue weighted by molar-refractivity contribution is 6.32. The predicted molar refractivity (Wildman–Crippen MR) is 78.3 cm³/mol. The van der Waals surface area contributed by atoms with Crippen molar-refractivity contribution in [2.45, 2.75) is 0 Å². The maximum absolute atomic E-state index is 6.05. The molecule has 0 N–H and O–H groups in total. The number of halogens is 1.